The number of hydrogen-bond donors (Lipinski definition) is 1. The third-order valence-corrected chi connectivity index (χ3v) is 3.84. The Bertz CT molecular complexity index is 576. The summed E-state index contributed by atoms with van der Waals surface area (Å²) in [7, 11) is 0. The van der Waals surface area contributed by atoms with Gasteiger partial charge in [-0.2, -0.15) is 13.2 Å². The van der Waals surface area contributed by atoms with E-state index in [1.807, 2.05) is 0 Å². The van der Waals surface area contributed by atoms with Crippen molar-refractivity contribution in [2.24, 2.45) is 5.73 Å². The largest absolute Gasteiger partial charge is 0.443 e. The van der Waals surface area contributed by atoms with Crippen LogP contribution < -0.4 is 5.73 Å². The smallest absolute Gasteiger partial charge is 0.325 e. The van der Waals surface area contributed by atoms with Crippen LogP contribution >= 0.6 is 22.7 Å². The molecule has 96 valence electrons. The van der Waals surface area contributed by atoms with Gasteiger partial charge in [0.05, 0.1) is 4.88 Å². The van der Waals surface area contributed by atoms with E-state index in [-0.39, 0.29) is 17.1 Å². The fraction of sp³-hybridized carbons (Fsp3) is 0.222. The van der Waals surface area contributed by atoms with Gasteiger partial charge in [0.1, 0.15) is 10.7 Å². The highest BCUT2D eigenvalue weighted by Crippen LogP contribution is 2.33. The molecule has 0 aliphatic carbocycles. The lowest BCUT2D eigenvalue weighted by atomic mass is 10.3. The maximum atomic E-state index is 12.3. The first kappa shape index (κ1) is 13.1. The summed E-state index contributed by atoms with van der Waals surface area (Å²) < 4.78 is 37.0. The summed E-state index contributed by atoms with van der Waals surface area (Å²) in [6.07, 6.45) is -3.62. The van der Waals surface area contributed by atoms with Crippen molar-refractivity contribution in [3.63, 3.8) is 0 Å². The third-order valence-electron chi connectivity index (χ3n) is 1.93. The van der Waals surface area contributed by atoms with Crippen molar-refractivity contribution in [3.8, 4) is 0 Å². The van der Waals surface area contributed by atoms with E-state index < -0.39 is 17.0 Å². The van der Waals surface area contributed by atoms with Gasteiger partial charge >= 0.3 is 6.18 Å². The summed E-state index contributed by atoms with van der Waals surface area (Å²) in [5.41, 5.74) is 5.44. The zero-order valence-electron chi connectivity index (χ0n) is 8.69. The third kappa shape index (κ3) is 2.57. The number of alkyl halides is 3. The number of halogens is 3. The molecule has 2 N–H and O–H groups in total. The average molecular weight is 293 g/mol. The Morgan fingerprint density at radius 2 is 2.17 bits per heavy atom. The van der Waals surface area contributed by atoms with Gasteiger partial charge in [-0.3, -0.25) is 4.79 Å². The van der Waals surface area contributed by atoms with Crippen LogP contribution in [0.3, 0.4) is 0 Å². The number of aromatic nitrogens is 2. The van der Waals surface area contributed by atoms with Crippen molar-refractivity contribution in [1.29, 1.82) is 0 Å². The Kier molecular flexibility index (Phi) is 3.46. The van der Waals surface area contributed by atoms with Gasteiger partial charge in [-0.1, -0.05) is 0 Å². The summed E-state index contributed by atoms with van der Waals surface area (Å²) in [6, 6.07) is 0. The molecule has 2 heterocycles. The van der Waals surface area contributed by atoms with Crippen LogP contribution in [-0.4, -0.2) is 15.8 Å². The van der Waals surface area contributed by atoms with Crippen molar-refractivity contribution in [2.75, 3.05) is 0 Å². The van der Waals surface area contributed by atoms with Crippen LogP contribution in [0.5, 0.6) is 0 Å². The molecule has 0 amide bonds. The molecule has 0 unspecified atom stereocenters. The maximum Gasteiger partial charge on any atom is 0.443 e. The summed E-state index contributed by atoms with van der Waals surface area (Å²) in [6.45, 7) is 0.189. The fourth-order valence-electron chi connectivity index (χ4n) is 1.15. The van der Waals surface area contributed by atoms with Crippen LogP contribution in [0.4, 0.5) is 13.2 Å². The molecule has 18 heavy (non-hydrogen) atoms. The van der Waals surface area contributed by atoms with Crippen molar-refractivity contribution >= 4 is 28.5 Å². The van der Waals surface area contributed by atoms with Gasteiger partial charge in [0, 0.05) is 18.1 Å². The predicted octanol–water partition coefficient (Wildman–Crippen LogP) is 2.31. The number of nitrogens with zero attached hydrogens (tertiary/aromatic N) is 2. The number of nitrogens with two attached hydrogens (primary N) is 1. The van der Waals surface area contributed by atoms with Gasteiger partial charge < -0.3 is 5.73 Å². The maximum absolute atomic E-state index is 12.3. The van der Waals surface area contributed by atoms with Gasteiger partial charge in [0.25, 0.3) is 0 Å². The van der Waals surface area contributed by atoms with Crippen LogP contribution in [0.2, 0.25) is 0 Å². The van der Waals surface area contributed by atoms with Crippen molar-refractivity contribution in [3.05, 3.63) is 32.2 Å². The van der Waals surface area contributed by atoms with Crippen LogP contribution in [0.15, 0.2) is 11.6 Å². The van der Waals surface area contributed by atoms with Gasteiger partial charge in [0.15, 0.2) is 5.01 Å². The van der Waals surface area contributed by atoms with Crippen molar-refractivity contribution in [2.45, 2.75) is 12.7 Å². The molecule has 0 aromatic carbocycles. The molecule has 0 radical (unpaired) electrons. The Labute approximate surface area is 107 Å². The number of carbonyl (C=O) groups excluding carboxylic acids is 1. The van der Waals surface area contributed by atoms with Gasteiger partial charge in [0.2, 0.25) is 5.78 Å². The summed E-state index contributed by atoms with van der Waals surface area (Å²) in [5.74, 6) is -0.570. The highest BCUT2D eigenvalue weighted by atomic mass is 32.1. The molecule has 0 fully saturated rings. The molecule has 4 nitrogen and oxygen atoms in total. The molecule has 0 saturated heterocycles. The van der Waals surface area contributed by atoms with E-state index >= 15 is 0 Å². The molecule has 0 aliphatic rings. The zero-order chi connectivity index (χ0) is 13.3. The minimum absolute atomic E-state index is 0.0869. The van der Waals surface area contributed by atoms with Crippen LogP contribution in [0.1, 0.15) is 25.4 Å². The Hall–Kier alpha value is -1.32. The van der Waals surface area contributed by atoms with E-state index in [2.05, 4.69) is 9.97 Å². The Balaban J connectivity index is 2.26. The van der Waals surface area contributed by atoms with Crippen LogP contribution in [-0.2, 0) is 12.7 Å². The van der Waals surface area contributed by atoms with E-state index in [0.29, 0.717) is 16.3 Å². The summed E-state index contributed by atoms with van der Waals surface area (Å²) >= 11 is 1.50. The van der Waals surface area contributed by atoms with E-state index in [1.54, 1.807) is 0 Å². The van der Waals surface area contributed by atoms with E-state index in [1.165, 1.54) is 16.7 Å². The standard InChI is InChI=1S/C9H6F3N3OS2/c10-9(11,12)8-14-2-5(18-8)7(16)4-3-17-6(1-13)15-4/h2-3H,1,13H2. The Morgan fingerprint density at radius 3 is 2.67 bits per heavy atom. The molecule has 0 bridgehead atoms. The minimum atomic E-state index is -4.53. The zero-order valence-corrected chi connectivity index (χ0v) is 10.3. The lowest BCUT2D eigenvalue weighted by Gasteiger charge is -1.98. The average Bonchev–Trinajstić information content (AvgIpc) is 2.96. The highest BCUT2D eigenvalue weighted by Gasteiger charge is 2.35. The first-order valence-electron chi connectivity index (χ1n) is 4.64. The Morgan fingerprint density at radius 1 is 1.44 bits per heavy atom. The van der Waals surface area contributed by atoms with Gasteiger partial charge in [-0.05, 0) is 0 Å². The summed E-state index contributed by atoms with van der Waals surface area (Å²) in [4.78, 5) is 18.8. The second-order valence-corrected chi connectivity index (χ2v) is 5.16. The summed E-state index contributed by atoms with van der Waals surface area (Å²) in [5, 5.41) is 0.983. The number of ketones is 1. The van der Waals surface area contributed by atoms with Gasteiger partial charge in [-0.25, -0.2) is 9.97 Å². The molecule has 0 saturated carbocycles. The molecule has 2 aromatic heterocycles. The molecule has 9 heteroatoms. The quantitative estimate of drug-likeness (QED) is 0.882. The second-order valence-electron chi connectivity index (χ2n) is 3.19. The van der Waals surface area contributed by atoms with Crippen molar-refractivity contribution in [1.82, 2.24) is 9.97 Å². The highest BCUT2D eigenvalue weighted by molar-refractivity contribution is 7.14. The van der Waals surface area contributed by atoms with Gasteiger partial charge in [-0.15, -0.1) is 22.7 Å². The lowest BCUT2D eigenvalue weighted by Crippen LogP contribution is -2.03. The normalized spacial score (nSPS) is 11.8. The predicted molar refractivity (Wildman–Crippen MR) is 60.6 cm³/mol. The number of carbonyl (C=O) groups is 1. The second kappa shape index (κ2) is 4.75. The van der Waals surface area contributed by atoms with E-state index in [9.17, 15) is 18.0 Å². The molecule has 2 aromatic rings. The fourth-order valence-corrected chi connectivity index (χ4v) is 2.53. The molecular weight excluding hydrogens is 287 g/mol. The number of thiazole rings is 2. The molecule has 2 rings (SSSR count). The monoisotopic (exact) mass is 293 g/mol. The lowest BCUT2D eigenvalue weighted by molar-refractivity contribution is -0.137. The van der Waals surface area contributed by atoms with Crippen LogP contribution in [0.25, 0.3) is 0 Å². The topological polar surface area (TPSA) is 68.9 Å². The van der Waals surface area contributed by atoms with Crippen LogP contribution in [0, 0.1) is 0 Å². The first-order chi connectivity index (χ1) is 8.41. The molecular formula is C9H6F3N3OS2. The van der Waals surface area contributed by atoms with E-state index in [4.69, 9.17) is 5.73 Å². The number of rotatable bonds is 3. The molecule has 0 atom stereocenters. The number of hydrogen-bond acceptors (Lipinski definition) is 6. The SMILES string of the molecule is NCc1nc(C(=O)c2cnc(C(F)(F)F)s2)cs1. The van der Waals surface area contributed by atoms with Crippen molar-refractivity contribution < 1.29 is 18.0 Å². The van der Waals surface area contributed by atoms with E-state index in [0.717, 1.165) is 6.20 Å². The first-order valence-corrected chi connectivity index (χ1v) is 6.33. The molecule has 0 aliphatic heterocycles. The minimum Gasteiger partial charge on any atom is -0.325 e. The molecule has 0 spiro atoms.